The van der Waals surface area contributed by atoms with Gasteiger partial charge in [0.15, 0.2) is 24.8 Å². The maximum absolute atomic E-state index is 2.35. The van der Waals surface area contributed by atoms with Crippen LogP contribution in [-0.4, -0.2) is 28.2 Å². The summed E-state index contributed by atoms with van der Waals surface area (Å²) in [5.74, 6) is 0. The van der Waals surface area contributed by atoms with E-state index in [2.05, 4.69) is 171 Å². The summed E-state index contributed by atoms with van der Waals surface area (Å²) in [6.07, 6.45) is 28.4. The van der Waals surface area contributed by atoms with Crippen LogP contribution in [0.2, 0.25) is 0 Å². The molecule has 0 saturated carbocycles. The van der Waals surface area contributed by atoms with Crippen molar-refractivity contribution >= 4 is 35.7 Å². The molecule has 4 nitrogen and oxygen atoms in total. The van der Waals surface area contributed by atoms with Gasteiger partial charge in [0.25, 0.3) is 0 Å². The van der Waals surface area contributed by atoms with Crippen LogP contribution in [0.3, 0.4) is 0 Å². The summed E-state index contributed by atoms with van der Waals surface area (Å²) >= 11 is 0. The zero-order valence-corrected chi connectivity index (χ0v) is 29.3. The van der Waals surface area contributed by atoms with Gasteiger partial charge in [-0.2, -0.15) is 0 Å². The molecule has 0 radical (unpaired) electrons. The highest BCUT2D eigenvalue weighted by atomic mass is 15.1. The molecule has 4 aromatic rings. The predicted molar refractivity (Wildman–Crippen MR) is 199 cm³/mol. The van der Waals surface area contributed by atoms with Crippen LogP contribution in [0.15, 0.2) is 85.5 Å². The molecule has 0 unspecified atom stereocenters. The molecule has 0 aliphatic rings. The highest BCUT2D eigenvalue weighted by Crippen LogP contribution is 2.17. The second kappa shape index (κ2) is 18.1. The van der Waals surface area contributed by atoms with Crippen LogP contribution in [0.4, 0.5) is 11.4 Å². The Balaban J connectivity index is 1.06. The molecule has 242 valence electrons. The standard InChI is InChI=1S/C42H56N4/c1-35-33-45(31-27-39(35)21-15-37-17-23-41(24-18-37)43(3)4)29-13-11-9-7-8-10-12-14-30-46-32-28-40(36(2)34-46)22-16-38-19-25-42(26-20-38)44(5)6/h15-28,31-34H,7-14,29-30H2,1-6H3/q+2. The maximum Gasteiger partial charge on any atom is 0.172 e. The fourth-order valence-electron chi connectivity index (χ4n) is 5.79. The summed E-state index contributed by atoms with van der Waals surface area (Å²) in [5.41, 5.74) is 10.1. The smallest absolute Gasteiger partial charge is 0.172 e. The van der Waals surface area contributed by atoms with Crippen LogP contribution >= 0.6 is 0 Å². The Bertz CT molecular complexity index is 1430. The van der Waals surface area contributed by atoms with Gasteiger partial charge in [0.05, 0.1) is 0 Å². The quantitative estimate of drug-likeness (QED) is 0.0868. The van der Waals surface area contributed by atoms with Crippen molar-refractivity contribution in [3.63, 3.8) is 0 Å². The predicted octanol–water partition coefficient (Wildman–Crippen LogP) is 9.17. The lowest BCUT2D eigenvalue weighted by molar-refractivity contribution is -0.697. The minimum Gasteiger partial charge on any atom is -0.378 e. The van der Waals surface area contributed by atoms with Crippen LogP contribution in [0, 0.1) is 13.8 Å². The number of rotatable bonds is 17. The van der Waals surface area contributed by atoms with E-state index in [1.807, 2.05) is 0 Å². The normalized spacial score (nSPS) is 11.5. The number of hydrogen-bond donors (Lipinski definition) is 0. The second-order valence-electron chi connectivity index (χ2n) is 13.1. The van der Waals surface area contributed by atoms with Crippen LogP contribution in [0.5, 0.6) is 0 Å². The minimum absolute atomic E-state index is 1.10. The maximum atomic E-state index is 2.35. The van der Waals surface area contributed by atoms with E-state index >= 15 is 0 Å². The van der Waals surface area contributed by atoms with Crippen molar-refractivity contribution in [2.45, 2.75) is 78.3 Å². The number of aryl methyl sites for hydroxylation is 4. The lowest BCUT2D eigenvalue weighted by atomic mass is 10.1. The largest absolute Gasteiger partial charge is 0.378 e. The molecule has 0 N–H and O–H groups in total. The Morgan fingerprint density at radius 1 is 0.457 bits per heavy atom. The van der Waals surface area contributed by atoms with Gasteiger partial charge in [-0.05, 0) is 73.2 Å². The molecule has 0 aliphatic heterocycles. The van der Waals surface area contributed by atoms with Crippen molar-refractivity contribution in [2.24, 2.45) is 0 Å². The second-order valence-corrected chi connectivity index (χ2v) is 13.1. The average Bonchev–Trinajstić information content (AvgIpc) is 3.05. The number of aromatic nitrogens is 2. The van der Waals surface area contributed by atoms with Crippen molar-refractivity contribution in [1.82, 2.24) is 0 Å². The summed E-state index contributed by atoms with van der Waals surface area (Å²) in [6.45, 7) is 6.63. The molecule has 0 amide bonds. The van der Waals surface area contributed by atoms with Gasteiger partial charge in [0.2, 0.25) is 0 Å². The summed E-state index contributed by atoms with van der Waals surface area (Å²) in [7, 11) is 8.29. The minimum atomic E-state index is 1.10. The zero-order chi connectivity index (χ0) is 32.7. The number of nitrogens with zero attached hydrogens (tertiary/aromatic N) is 4. The number of pyridine rings is 2. The molecule has 0 aliphatic carbocycles. The van der Waals surface area contributed by atoms with Gasteiger partial charge in [0.1, 0.15) is 13.1 Å². The molecule has 0 fully saturated rings. The van der Waals surface area contributed by atoms with Crippen molar-refractivity contribution < 1.29 is 9.13 Å². The summed E-state index contributed by atoms with van der Waals surface area (Å²) in [4.78, 5) is 4.26. The van der Waals surface area contributed by atoms with Crippen LogP contribution < -0.4 is 18.9 Å². The first-order chi connectivity index (χ1) is 22.3. The first-order valence-corrected chi connectivity index (χ1v) is 17.2. The zero-order valence-electron chi connectivity index (χ0n) is 29.3. The van der Waals surface area contributed by atoms with Gasteiger partial charge in [-0.25, -0.2) is 9.13 Å². The fraction of sp³-hybridized carbons (Fsp3) is 0.381. The van der Waals surface area contributed by atoms with Gasteiger partial charge < -0.3 is 9.80 Å². The van der Waals surface area contributed by atoms with Crippen LogP contribution in [0.25, 0.3) is 24.3 Å². The number of benzene rings is 2. The molecule has 0 saturated heterocycles. The lowest BCUT2D eigenvalue weighted by Crippen LogP contribution is -2.33. The van der Waals surface area contributed by atoms with E-state index in [-0.39, 0.29) is 0 Å². The molecular weight excluding hydrogens is 560 g/mol. The SMILES string of the molecule is Cc1c[n+](CCCCCCCCCC[n+]2ccc(/C=C/c3ccc(N(C)C)cc3)c(C)c2)ccc1/C=C/c1ccc(N(C)C)cc1. The van der Waals surface area contributed by atoms with E-state index in [4.69, 9.17) is 0 Å². The van der Waals surface area contributed by atoms with Gasteiger partial charge in [-0.15, -0.1) is 0 Å². The van der Waals surface area contributed by atoms with Gasteiger partial charge >= 0.3 is 0 Å². The average molecular weight is 617 g/mol. The molecule has 4 rings (SSSR count). The van der Waals surface area contributed by atoms with E-state index in [1.54, 1.807) is 0 Å². The van der Waals surface area contributed by atoms with E-state index in [1.165, 1.54) is 96.1 Å². The molecule has 2 aromatic heterocycles. The van der Waals surface area contributed by atoms with Gasteiger partial charge in [-0.1, -0.05) is 74.3 Å². The Morgan fingerprint density at radius 2 is 0.804 bits per heavy atom. The Morgan fingerprint density at radius 3 is 1.13 bits per heavy atom. The molecule has 0 atom stereocenters. The molecule has 0 spiro atoms. The summed E-state index contributed by atoms with van der Waals surface area (Å²) in [6, 6.07) is 21.9. The van der Waals surface area contributed by atoms with Gasteiger partial charge in [-0.3, -0.25) is 0 Å². The monoisotopic (exact) mass is 616 g/mol. The number of anilines is 2. The summed E-state index contributed by atoms with van der Waals surface area (Å²) < 4.78 is 4.70. The number of hydrogen-bond acceptors (Lipinski definition) is 2. The molecular formula is C42H56N4+2. The van der Waals surface area contributed by atoms with E-state index < -0.39 is 0 Å². The Labute approximate surface area is 279 Å². The van der Waals surface area contributed by atoms with E-state index in [9.17, 15) is 0 Å². The van der Waals surface area contributed by atoms with E-state index in [0.29, 0.717) is 0 Å². The molecule has 2 heterocycles. The van der Waals surface area contributed by atoms with Crippen LogP contribution in [0.1, 0.15) is 84.7 Å². The molecule has 0 bridgehead atoms. The highest BCUT2D eigenvalue weighted by molar-refractivity contribution is 5.72. The third-order valence-electron chi connectivity index (χ3n) is 8.83. The molecule has 46 heavy (non-hydrogen) atoms. The third-order valence-corrected chi connectivity index (χ3v) is 8.83. The lowest BCUT2D eigenvalue weighted by Gasteiger charge is -2.11. The molecule has 2 aromatic carbocycles. The van der Waals surface area contributed by atoms with Crippen molar-refractivity contribution in [3.05, 3.63) is 119 Å². The molecule has 4 heteroatoms. The van der Waals surface area contributed by atoms with Crippen molar-refractivity contribution in [1.29, 1.82) is 0 Å². The number of unbranched alkanes of at least 4 members (excludes halogenated alkanes) is 7. The van der Waals surface area contributed by atoms with Gasteiger partial charge in [0, 0.05) is 75.7 Å². The third kappa shape index (κ3) is 11.3. The van der Waals surface area contributed by atoms with E-state index in [0.717, 1.165) is 13.1 Å². The highest BCUT2D eigenvalue weighted by Gasteiger charge is 2.06. The van der Waals surface area contributed by atoms with Crippen molar-refractivity contribution in [3.8, 4) is 0 Å². The first kappa shape index (κ1) is 34.7. The first-order valence-electron chi connectivity index (χ1n) is 17.2. The fourth-order valence-corrected chi connectivity index (χ4v) is 5.79. The topological polar surface area (TPSA) is 14.2 Å². The Kier molecular flexibility index (Phi) is 13.6. The van der Waals surface area contributed by atoms with Crippen LogP contribution in [-0.2, 0) is 13.1 Å². The Hall–Kier alpha value is -4.18. The summed E-state index contributed by atoms with van der Waals surface area (Å²) in [5, 5.41) is 0. The van der Waals surface area contributed by atoms with Crippen molar-refractivity contribution in [2.75, 3.05) is 38.0 Å².